The fourth-order valence-corrected chi connectivity index (χ4v) is 1.66. The quantitative estimate of drug-likeness (QED) is 0.693. The molecule has 3 N–H and O–H groups in total. The Labute approximate surface area is 96.4 Å². The van der Waals surface area contributed by atoms with E-state index in [1.54, 1.807) is 11.9 Å². The van der Waals surface area contributed by atoms with Crippen LogP contribution in [0, 0.1) is 5.92 Å². The van der Waals surface area contributed by atoms with Crippen LogP contribution in [0.4, 0.5) is 0 Å². The molecule has 2 atom stereocenters. The molecule has 1 aliphatic rings. The van der Waals surface area contributed by atoms with E-state index in [0.717, 1.165) is 0 Å². The summed E-state index contributed by atoms with van der Waals surface area (Å²) in [5.41, 5.74) is 5.80. The average Bonchev–Trinajstić information content (AvgIpc) is 2.49. The molecule has 2 unspecified atom stereocenters. The molecule has 0 saturated carbocycles. The molecule has 0 bridgehead atoms. The van der Waals surface area contributed by atoms with Crippen molar-refractivity contribution in [1.82, 2.24) is 10.2 Å². The summed E-state index contributed by atoms with van der Waals surface area (Å²) in [7, 11) is 1.74. The SMILES string of the molecule is CC(C)C(N)CC(=O)NC1CCN(C)C1=O. The third-order valence-corrected chi connectivity index (χ3v) is 3.04. The van der Waals surface area contributed by atoms with Crippen LogP contribution >= 0.6 is 0 Å². The standard InChI is InChI=1S/C11H21N3O2/c1-7(2)8(12)6-10(15)13-9-4-5-14(3)11(9)16/h7-9H,4-6,12H2,1-3H3,(H,13,15). The maximum Gasteiger partial charge on any atom is 0.244 e. The van der Waals surface area contributed by atoms with Crippen molar-refractivity contribution in [1.29, 1.82) is 0 Å². The lowest BCUT2D eigenvalue weighted by Gasteiger charge is -2.17. The van der Waals surface area contributed by atoms with Gasteiger partial charge in [-0.2, -0.15) is 0 Å². The molecule has 0 aromatic carbocycles. The first kappa shape index (κ1) is 13.0. The summed E-state index contributed by atoms with van der Waals surface area (Å²) in [5.74, 6) is 0.133. The van der Waals surface area contributed by atoms with E-state index in [0.29, 0.717) is 13.0 Å². The molecule has 1 fully saturated rings. The van der Waals surface area contributed by atoms with Gasteiger partial charge in [-0.15, -0.1) is 0 Å². The molecule has 0 aliphatic carbocycles. The Bertz CT molecular complexity index is 278. The second-order valence-electron chi connectivity index (χ2n) is 4.78. The number of amides is 2. The van der Waals surface area contributed by atoms with Crippen LogP contribution in [0.3, 0.4) is 0 Å². The van der Waals surface area contributed by atoms with E-state index in [1.807, 2.05) is 13.8 Å². The third-order valence-electron chi connectivity index (χ3n) is 3.04. The number of nitrogens with two attached hydrogens (primary N) is 1. The number of nitrogens with zero attached hydrogens (tertiary/aromatic N) is 1. The van der Waals surface area contributed by atoms with Crippen LogP contribution in [-0.2, 0) is 9.59 Å². The van der Waals surface area contributed by atoms with Gasteiger partial charge in [-0.05, 0) is 12.3 Å². The van der Waals surface area contributed by atoms with Crippen LogP contribution in [-0.4, -0.2) is 42.4 Å². The van der Waals surface area contributed by atoms with Crippen LogP contribution in [0.2, 0.25) is 0 Å². The largest absolute Gasteiger partial charge is 0.344 e. The number of likely N-dealkylation sites (N-methyl/N-ethyl adjacent to an activating group) is 1. The summed E-state index contributed by atoms with van der Waals surface area (Å²) in [5, 5.41) is 2.73. The topological polar surface area (TPSA) is 75.4 Å². The maximum absolute atomic E-state index is 11.6. The molecule has 92 valence electrons. The van der Waals surface area contributed by atoms with Gasteiger partial charge in [0.1, 0.15) is 6.04 Å². The van der Waals surface area contributed by atoms with Crippen molar-refractivity contribution in [3.8, 4) is 0 Å². The summed E-state index contributed by atoms with van der Waals surface area (Å²) in [6, 6.07) is -0.494. The summed E-state index contributed by atoms with van der Waals surface area (Å²) in [6.07, 6.45) is 0.975. The highest BCUT2D eigenvalue weighted by Crippen LogP contribution is 2.09. The zero-order valence-corrected chi connectivity index (χ0v) is 10.2. The predicted molar refractivity (Wildman–Crippen MR) is 61.6 cm³/mol. The van der Waals surface area contributed by atoms with Crippen molar-refractivity contribution in [3.63, 3.8) is 0 Å². The van der Waals surface area contributed by atoms with Crippen LogP contribution in [0.5, 0.6) is 0 Å². The molecule has 1 saturated heterocycles. The minimum atomic E-state index is -0.350. The number of nitrogens with one attached hydrogen (secondary N) is 1. The first-order valence-electron chi connectivity index (χ1n) is 5.71. The fourth-order valence-electron chi connectivity index (χ4n) is 1.66. The number of carbonyl (C=O) groups excluding carboxylic acids is 2. The molecule has 5 heteroatoms. The monoisotopic (exact) mass is 227 g/mol. The number of hydrogen-bond donors (Lipinski definition) is 2. The summed E-state index contributed by atoms with van der Waals surface area (Å²) in [4.78, 5) is 24.8. The van der Waals surface area contributed by atoms with Gasteiger partial charge in [0.25, 0.3) is 0 Å². The van der Waals surface area contributed by atoms with Crippen LogP contribution < -0.4 is 11.1 Å². The Morgan fingerprint density at radius 3 is 2.69 bits per heavy atom. The van der Waals surface area contributed by atoms with Crippen LogP contribution in [0.25, 0.3) is 0 Å². The molecule has 5 nitrogen and oxygen atoms in total. The van der Waals surface area contributed by atoms with Crippen LogP contribution in [0.1, 0.15) is 26.7 Å². The van der Waals surface area contributed by atoms with Gasteiger partial charge >= 0.3 is 0 Å². The van der Waals surface area contributed by atoms with Gasteiger partial charge in [-0.1, -0.05) is 13.8 Å². The molecular formula is C11H21N3O2. The van der Waals surface area contributed by atoms with Crippen molar-refractivity contribution in [3.05, 3.63) is 0 Å². The van der Waals surface area contributed by atoms with Gasteiger partial charge in [0.2, 0.25) is 11.8 Å². The molecule has 16 heavy (non-hydrogen) atoms. The zero-order chi connectivity index (χ0) is 12.3. The third kappa shape index (κ3) is 3.20. The summed E-state index contributed by atoms with van der Waals surface area (Å²) >= 11 is 0. The normalized spacial score (nSPS) is 22.7. The van der Waals surface area contributed by atoms with E-state index in [4.69, 9.17) is 5.73 Å². The average molecular weight is 227 g/mol. The Morgan fingerprint density at radius 2 is 2.25 bits per heavy atom. The highest BCUT2D eigenvalue weighted by atomic mass is 16.2. The predicted octanol–water partition coefficient (Wildman–Crippen LogP) is -0.293. The van der Waals surface area contributed by atoms with Gasteiger partial charge in [0.05, 0.1) is 0 Å². The Balaban J connectivity index is 2.38. The first-order chi connectivity index (χ1) is 7.41. The molecule has 0 spiro atoms. The number of likely N-dealkylation sites (tertiary alicyclic amines) is 1. The van der Waals surface area contributed by atoms with Gasteiger partial charge in [0.15, 0.2) is 0 Å². The molecule has 0 radical (unpaired) electrons. The second-order valence-corrected chi connectivity index (χ2v) is 4.78. The lowest BCUT2D eigenvalue weighted by molar-refractivity contribution is -0.132. The van der Waals surface area contributed by atoms with E-state index in [9.17, 15) is 9.59 Å². The molecular weight excluding hydrogens is 206 g/mol. The Kier molecular flexibility index (Phi) is 4.29. The van der Waals surface area contributed by atoms with Crippen molar-refractivity contribution in [2.75, 3.05) is 13.6 Å². The van der Waals surface area contributed by atoms with E-state index in [1.165, 1.54) is 0 Å². The van der Waals surface area contributed by atoms with Crippen molar-refractivity contribution in [2.24, 2.45) is 11.7 Å². The van der Waals surface area contributed by atoms with Crippen molar-refractivity contribution in [2.45, 2.75) is 38.8 Å². The first-order valence-corrected chi connectivity index (χ1v) is 5.71. The minimum absolute atomic E-state index is 0.00790. The van der Waals surface area contributed by atoms with E-state index in [-0.39, 0.29) is 36.2 Å². The molecule has 1 aliphatic heterocycles. The summed E-state index contributed by atoms with van der Waals surface area (Å²) in [6.45, 7) is 4.67. The van der Waals surface area contributed by atoms with E-state index < -0.39 is 0 Å². The van der Waals surface area contributed by atoms with Gasteiger partial charge in [-0.25, -0.2) is 0 Å². The molecule has 1 rings (SSSR count). The van der Waals surface area contributed by atoms with E-state index >= 15 is 0 Å². The number of carbonyl (C=O) groups is 2. The lowest BCUT2D eigenvalue weighted by Crippen LogP contribution is -2.43. The Hall–Kier alpha value is -1.10. The lowest BCUT2D eigenvalue weighted by atomic mass is 10.0. The zero-order valence-electron chi connectivity index (χ0n) is 10.2. The van der Waals surface area contributed by atoms with Crippen LogP contribution in [0.15, 0.2) is 0 Å². The van der Waals surface area contributed by atoms with Gasteiger partial charge in [0, 0.05) is 26.1 Å². The summed E-state index contributed by atoms with van der Waals surface area (Å²) < 4.78 is 0. The number of hydrogen-bond acceptors (Lipinski definition) is 3. The van der Waals surface area contributed by atoms with E-state index in [2.05, 4.69) is 5.32 Å². The minimum Gasteiger partial charge on any atom is -0.344 e. The smallest absolute Gasteiger partial charge is 0.244 e. The number of rotatable bonds is 4. The Morgan fingerprint density at radius 1 is 1.62 bits per heavy atom. The highest BCUT2D eigenvalue weighted by Gasteiger charge is 2.30. The maximum atomic E-state index is 11.6. The highest BCUT2D eigenvalue weighted by molar-refractivity contribution is 5.89. The van der Waals surface area contributed by atoms with Crippen molar-refractivity contribution < 1.29 is 9.59 Å². The molecule has 0 aromatic heterocycles. The molecule has 0 aromatic rings. The molecule has 1 heterocycles. The van der Waals surface area contributed by atoms with Gasteiger partial charge < -0.3 is 16.0 Å². The fraction of sp³-hybridized carbons (Fsp3) is 0.818. The van der Waals surface area contributed by atoms with Crippen molar-refractivity contribution >= 4 is 11.8 Å². The molecule has 2 amide bonds. The van der Waals surface area contributed by atoms with Gasteiger partial charge in [-0.3, -0.25) is 9.59 Å². The second kappa shape index (κ2) is 5.30.